The van der Waals surface area contributed by atoms with E-state index in [-0.39, 0.29) is 5.78 Å². The van der Waals surface area contributed by atoms with Crippen LogP contribution in [0.25, 0.3) is 17.2 Å². The summed E-state index contributed by atoms with van der Waals surface area (Å²) in [6.45, 7) is 5.98. The van der Waals surface area contributed by atoms with Crippen LogP contribution in [0.2, 0.25) is 0 Å². The van der Waals surface area contributed by atoms with E-state index in [1.165, 1.54) is 22.9 Å². The average Bonchev–Trinajstić information content (AvgIpc) is 2.67. The quantitative estimate of drug-likeness (QED) is 0.842. The summed E-state index contributed by atoms with van der Waals surface area (Å²) in [4.78, 5) is 16.0. The number of hydrogen-bond donors (Lipinski definition) is 1. The van der Waals surface area contributed by atoms with Gasteiger partial charge in [-0.15, -0.1) is 0 Å². The van der Waals surface area contributed by atoms with Gasteiger partial charge < -0.3 is 14.9 Å². The Bertz CT molecular complexity index is 788. The van der Waals surface area contributed by atoms with E-state index in [2.05, 4.69) is 60.2 Å². The lowest BCUT2D eigenvalue weighted by atomic mass is 9.98. The maximum atomic E-state index is 11.2. The van der Waals surface area contributed by atoms with E-state index >= 15 is 0 Å². The number of aliphatic hydroxyl groups is 1. The molecule has 0 aliphatic carbocycles. The van der Waals surface area contributed by atoms with Crippen LogP contribution in [0.3, 0.4) is 0 Å². The molecule has 2 aromatic carbocycles. The van der Waals surface area contributed by atoms with E-state index < -0.39 is 6.61 Å². The van der Waals surface area contributed by atoms with Crippen LogP contribution < -0.4 is 4.90 Å². The summed E-state index contributed by atoms with van der Waals surface area (Å²) in [5.74, 6) is -0.286. The fourth-order valence-electron chi connectivity index (χ4n) is 3.27. The van der Waals surface area contributed by atoms with Crippen molar-refractivity contribution in [2.45, 2.75) is 6.92 Å². The SMILES string of the molecule is Cc1cc(/C=C/C(=O)CO)ccc1-c1ccc(N2CCN(C)CC2)cc1. The van der Waals surface area contributed by atoms with Gasteiger partial charge in [0.05, 0.1) is 0 Å². The normalized spacial score (nSPS) is 15.6. The molecule has 1 N–H and O–H groups in total. The molecule has 4 nitrogen and oxygen atoms in total. The Labute approximate surface area is 155 Å². The number of hydrogen-bond acceptors (Lipinski definition) is 4. The van der Waals surface area contributed by atoms with E-state index in [4.69, 9.17) is 5.11 Å². The highest BCUT2D eigenvalue weighted by Gasteiger charge is 2.14. The van der Waals surface area contributed by atoms with Crippen LogP contribution >= 0.6 is 0 Å². The molecule has 136 valence electrons. The number of likely N-dealkylation sites (N-methyl/N-ethyl adjacent to an activating group) is 1. The van der Waals surface area contributed by atoms with Crippen LogP contribution in [0.1, 0.15) is 11.1 Å². The van der Waals surface area contributed by atoms with E-state index in [0.717, 1.165) is 37.3 Å². The van der Waals surface area contributed by atoms with Crippen molar-refractivity contribution in [2.24, 2.45) is 0 Å². The number of piperazine rings is 1. The number of aliphatic hydroxyl groups excluding tert-OH is 1. The van der Waals surface area contributed by atoms with Gasteiger partial charge in [-0.2, -0.15) is 0 Å². The summed E-state index contributed by atoms with van der Waals surface area (Å²) < 4.78 is 0. The van der Waals surface area contributed by atoms with Crippen molar-refractivity contribution in [3.63, 3.8) is 0 Å². The Morgan fingerprint density at radius 2 is 1.77 bits per heavy atom. The monoisotopic (exact) mass is 350 g/mol. The van der Waals surface area contributed by atoms with Gasteiger partial charge in [0.15, 0.2) is 5.78 Å². The number of ketones is 1. The summed E-state index contributed by atoms with van der Waals surface area (Å²) in [6, 6.07) is 14.9. The smallest absolute Gasteiger partial charge is 0.181 e. The molecule has 0 amide bonds. The summed E-state index contributed by atoms with van der Waals surface area (Å²) in [7, 11) is 2.17. The second kappa shape index (κ2) is 8.30. The molecule has 0 radical (unpaired) electrons. The fraction of sp³-hybridized carbons (Fsp3) is 0.318. The Hall–Kier alpha value is -2.43. The second-order valence-corrected chi connectivity index (χ2v) is 6.87. The molecular formula is C22H26N2O2. The lowest BCUT2D eigenvalue weighted by Crippen LogP contribution is -2.44. The predicted octanol–water partition coefficient (Wildman–Crippen LogP) is 2.99. The van der Waals surface area contributed by atoms with E-state index in [0.29, 0.717) is 0 Å². The Morgan fingerprint density at radius 3 is 2.38 bits per heavy atom. The van der Waals surface area contributed by atoms with Crippen LogP contribution in [-0.2, 0) is 4.79 Å². The van der Waals surface area contributed by atoms with Gasteiger partial charge in [0.2, 0.25) is 0 Å². The van der Waals surface area contributed by atoms with Crippen LogP contribution in [-0.4, -0.2) is 55.6 Å². The molecule has 3 rings (SSSR count). The molecule has 0 unspecified atom stereocenters. The summed E-state index contributed by atoms with van der Waals surface area (Å²) in [5.41, 5.74) is 5.79. The van der Waals surface area contributed by atoms with Gasteiger partial charge in [-0.05, 0) is 54.4 Å². The predicted molar refractivity (Wildman–Crippen MR) is 107 cm³/mol. The average molecular weight is 350 g/mol. The molecule has 1 saturated heterocycles. The molecule has 1 fully saturated rings. The van der Waals surface area contributed by atoms with Gasteiger partial charge >= 0.3 is 0 Å². The highest BCUT2D eigenvalue weighted by atomic mass is 16.3. The third-order valence-electron chi connectivity index (χ3n) is 4.91. The molecule has 1 aliphatic heterocycles. The number of carbonyl (C=O) groups excluding carboxylic acids is 1. The standard InChI is InChI=1S/C22H26N2O2/c1-17-15-18(3-9-21(26)16-25)4-10-22(17)19-5-7-20(8-6-19)24-13-11-23(2)12-14-24/h3-10,15,25H,11-14,16H2,1-2H3/b9-3+. The molecule has 0 bridgehead atoms. The van der Waals surface area contributed by atoms with Gasteiger partial charge in [-0.3, -0.25) is 4.79 Å². The largest absolute Gasteiger partial charge is 0.388 e. The van der Waals surface area contributed by atoms with Crippen molar-refractivity contribution in [1.29, 1.82) is 0 Å². The van der Waals surface area contributed by atoms with Gasteiger partial charge in [-0.25, -0.2) is 0 Å². The third-order valence-corrected chi connectivity index (χ3v) is 4.91. The number of rotatable bonds is 5. The van der Waals surface area contributed by atoms with Crippen molar-refractivity contribution >= 4 is 17.5 Å². The van der Waals surface area contributed by atoms with Gasteiger partial charge in [0, 0.05) is 31.9 Å². The first-order valence-electron chi connectivity index (χ1n) is 9.03. The topological polar surface area (TPSA) is 43.8 Å². The molecule has 0 atom stereocenters. The van der Waals surface area contributed by atoms with Crippen molar-refractivity contribution in [3.8, 4) is 11.1 Å². The van der Waals surface area contributed by atoms with Crippen LogP contribution in [0.4, 0.5) is 5.69 Å². The fourth-order valence-corrected chi connectivity index (χ4v) is 3.27. The third kappa shape index (κ3) is 4.40. The first-order chi connectivity index (χ1) is 12.6. The lowest BCUT2D eigenvalue weighted by molar-refractivity contribution is -0.117. The molecule has 1 aliphatic rings. The summed E-state index contributed by atoms with van der Waals surface area (Å²) in [5, 5.41) is 8.78. The first kappa shape index (κ1) is 18.4. The summed E-state index contributed by atoms with van der Waals surface area (Å²) in [6.07, 6.45) is 3.16. The molecule has 0 spiro atoms. The van der Waals surface area contributed by atoms with Crippen molar-refractivity contribution in [1.82, 2.24) is 4.90 Å². The van der Waals surface area contributed by atoms with Gasteiger partial charge in [-0.1, -0.05) is 36.4 Å². The van der Waals surface area contributed by atoms with E-state index in [9.17, 15) is 4.79 Å². The minimum Gasteiger partial charge on any atom is -0.388 e. The minimum atomic E-state index is -0.451. The number of benzene rings is 2. The minimum absolute atomic E-state index is 0.286. The molecule has 2 aromatic rings. The number of aryl methyl sites for hydroxylation is 1. The van der Waals surface area contributed by atoms with Crippen molar-refractivity contribution in [2.75, 3.05) is 44.7 Å². The van der Waals surface area contributed by atoms with E-state index in [1.54, 1.807) is 6.08 Å². The van der Waals surface area contributed by atoms with Crippen molar-refractivity contribution in [3.05, 3.63) is 59.7 Å². The molecular weight excluding hydrogens is 324 g/mol. The number of nitrogens with zero attached hydrogens (tertiary/aromatic N) is 2. The zero-order valence-electron chi connectivity index (χ0n) is 15.5. The highest BCUT2D eigenvalue weighted by molar-refractivity contribution is 5.94. The molecule has 0 saturated carbocycles. The van der Waals surface area contributed by atoms with Crippen molar-refractivity contribution < 1.29 is 9.90 Å². The van der Waals surface area contributed by atoms with E-state index in [1.807, 2.05) is 6.07 Å². The highest BCUT2D eigenvalue weighted by Crippen LogP contribution is 2.27. The zero-order valence-corrected chi connectivity index (χ0v) is 15.5. The van der Waals surface area contributed by atoms with Gasteiger partial charge in [0.25, 0.3) is 0 Å². The molecule has 26 heavy (non-hydrogen) atoms. The Balaban J connectivity index is 1.74. The second-order valence-electron chi connectivity index (χ2n) is 6.87. The maximum absolute atomic E-state index is 11.2. The lowest BCUT2D eigenvalue weighted by Gasteiger charge is -2.34. The molecule has 1 heterocycles. The number of carbonyl (C=O) groups is 1. The van der Waals surface area contributed by atoms with Crippen LogP contribution in [0.5, 0.6) is 0 Å². The number of anilines is 1. The Morgan fingerprint density at radius 1 is 1.08 bits per heavy atom. The maximum Gasteiger partial charge on any atom is 0.181 e. The van der Waals surface area contributed by atoms with Crippen LogP contribution in [0, 0.1) is 6.92 Å². The first-order valence-corrected chi connectivity index (χ1v) is 9.03. The Kier molecular flexibility index (Phi) is 5.86. The van der Waals surface area contributed by atoms with Crippen LogP contribution in [0.15, 0.2) is 48.5 Å². The van der Waals surface area contributed by atoms with Gasteiger partial charge in [0.1, 0.15) is 6.61 Å². The molecule has 0 aromatic heterocycles. The molecule has 4 heteroatoms. The zero-order chi connectivity index (χ0) is 18.5. The summed E-state index contributed by atoms with van der Waals surface area (Å²) >= 11 is 0.